The van der Waals surface area contributed by atoms with Crippen molar-refractivity contribution in [2.75, 3.05) is 6.61 Å². The topological polar surface area (TPSA) is 62.2 Å². The van der Waals surface area contributed by atoms with E-state index >= 15 is 0 Å². The van der Waals surface area contributed by atoms with E-state index in [4.69, 9.17) is 16.7 Å². The van der Waals surface area contributed by atoms with E-state index in [1.54, 1.807) is 12.1 Å². The molecule has 2 N–H and O–H groups in total. The number of fused-ring (bicyclic) bond motifs is 1. The molecule has 26 heavy (non-hydrogen) atoms. The molecule has 2 heterocycles. The van der Waals surface area contributed by atoms with Gasteiger partial charge in [0, 0.05) is 34.5 Å². The summed E-state index contributed by atoms with van der Waals surface area (Å²) in [6.07, 6.45) is 1.96. The minimum atomic E-state index is -0.238. The number of aromatic nitrogens is 1. The summed E-state index contributed by atoms with van der Waals surface area (Å²) < 4.78 is 0. The van der Waals surface area contributed by atoms with Crippen molar-refractivity contribution < 1.29 is 9.90 Å². The molecule has 0 atom stereocenters. The number of aliphatic hydroxyl groups excluding tert-OH is 1. The van der Waals surface area contributed by atoms with Crippen molar-refractivity contribution in [1.82, 2.24) is 10.3 Å². The predicted octanol–water partition coefficient (Wildman–Crippen LogP) is 3.90. The van der Waals surface area contributed by atoms with E-state index in [1.807, 2.05) is 18.2 Å². The Balaban J connectivity index is 1.78. The van der Waals surface area contributed by atoms with Gasteiger partial charge in [-0.3, -0.25) is 4.79 Å². The van der Waals surface area contributed by atoms with Crippen LogP contribution in [0.2, 0.25) is 5.02 Å². The third kappa shape index (κ3) is 4.37. The maximum Gasteiger partial charge on any atom is 0.254 e. The molecule has 1 aromatic carbocycles. The van der Waals surface area contributed by atoms with Gasteiger partial charge >= 0.3 is 0 Å². The van der Waals surface area contributed by atoms with Crippen molar-refractivity contribution in [3.63, 3.8) is 0 Å². The lowest BCUT2D eigenvalue weighted by Gasteiger charge is -2.08. The number of thiol groups is 1. The standard InChI is InChI=1S/C19H15ClN2O2S2/c20-13-6-4-12(5-7-13)10-21-18(24)16-11-22-19-15(17(16)25)9-14(26-19)3-1-2-8-23/h4-7,9,11,23H,2,8,10H2,(H,21,24)(H,22,25). The molecule has 0 radical (unpaired) electrons. The highest BCUT2D eigenvalue weighted by atomic mass is 35.5. The van der Waals surface area contributed by atoms with Crippen LogP contribution in [-0.2, 0) is 6.54 Å². The van der Waals surface area contributed by atoms with E-state index in [0.717, 1.165) is 20.7 Å². The molecule has 132 valence electrons. The van der Waals surface area contributed by atoms with Crippen molar-refractivity contribution >= 4 is 51.7 Å². The number of nitrogens with one attached hydrogen (secondary N) is 1. The first-order valence-corrected chi connectivity index (χ1v) is 9.46. The number of hydrogen-bond donors (Lipinski definition) is 3. The van der Waals surface area contributed by atoms with Gasteiger partial charge in [-0.15, -0.1) is 24.0 Å². The zero-order chi connectivity index (χ0) is 18.5. The van der Waals surface area contributed by atoms with Crippen LogP contribution in [0.15, 0.2) is 41.4 Å². The number of amides is 1. The van der Waals surface area contributed by atoms with Gasteiger partial charge in [0.15, 0.2) is 0 Å². The number of hydrogen-bond acceptors (Lipinski definition) is 5. The molecule has 0 unspecified atom stereocenters. The number of halogens is 1. The highest BCUT2D eigenvalue weighted by Gasteiger charge is 2.15. The molecule has 0 aliphatic rings. The molecule has 0 bridgehead atoms. The van der Waals surface area contributed by atoms with Crippen LogP contribution in [0.4, 0.5) is 0 Å². The van der Waals surface area contributed by atoms with Crippen molar-refractivity contribution in [3.05, 3.63) is 57.6 Å². The third-order valence-corrected chi connectivity index (χ3v) is 5.29. The maximum absolute atomic E-state index is 12.5. The molecule has 1 amide bonds. The number of thiophene rings is 1. The number of nitrogens with zero attached hydrogens (tertiary/aromatic N) is 1. The number of benzene rings is 1. The largest absolute Gasteiger partial charge is 0.395 e. The van der Waals surface area contributed by atoms with Crippen LogP contribution in [0.5, 0.6) is 0 Å². The number of carbonyl (C=O) groups excluding carboxylic acids is 1. The Morgan fingerprint density at radius 2 is 2.12 bits per heavy atom. The Morgan fingerprint density at radius 3 is 2.85 bits per heavy atom. The Kier molecular flexibility index (Phi) is 6.17. The molecule has 3 aromatic rings. The fourth-order valence-corrected chi connectivity index (χ4v) is 3.71. The lowest BCUT2D eigenvalue weighted by atomic mass is 10.2. The van der Waals surface area contributed by atoms with Crippen molar-refractivity contribution in [2.45, 2.75) is 17.9 Å². The van der Waals surface area contributed by atoms with E-state index < -0.39 is 0 Å². The number of rotatable bonds is 4. The molecule has 3 rings (SSSR count). The summed E-state index contributed by atoms with van der Waals surface area (Å²) in [5.74, 6) is 5.63. The monoisotopic (exact) mass is 402 g/mol. The van der Waals surface area contributed by atoms with Gasteiger partial charge in [0.2, 0.25) is 0 Å². The minimum Gasteiger partial charge on any atom is -0.395 e. The minimum absolute atomic E-state index is 0.0336. The van der Waals surface area contributed by atoms with E-state index in [0.29, 0.717) is 28.4 Å². The van der Waals surface area contributed by atoms with Crippen LogP contribution in [0.1, 0.15) is 27.2 Å². The summed E-state index contributed by atoms with van der Waals surface area (Å²) >= 11 is 11.8. The average Bonchev–Trinajstić information content (AvgIpc) is 3.05. The maximum atomic E-state index is 12.5. The second kappa shape index (κ2) is 8.56. The fraction of sp³-hybridized carbons (Fsp3) is 0.158. The first-order chi connectivity index (χ1) is 12.6. The number of pyridine rings is 1. The van der Waals surface area contributed by atoms with Gasteiger partial charge in [-0.2, -0.15) is 0 Å². The molecule has 0 spiro atoms. The lowest BCUT2D eigenvalue weighted by Crippen LogP contribution is -2.23. The fourth-order valence-electron chi connectivity index (χ4n) is 2.29. The van der Waals surface area contributed by atoms with Crippen LogP contribution in [0, 0.1) is 11.8 Å². The van der Waals surface area contributed by atoms with E-state index in [9.17, 15) is 4.79 Å². The molecule has 0 aliphatic carbocycles. The highest BCUT2D eigenvalue weighted by molar-refractivity contribution is 7.80. The molecular formula is C19H15ClN2O2S2. The van der Waals surface area contributed by atoms with Gasteiger partial charge in [0.05, 0.1) is 17.0 Å². The molecular weight excluding hydrogens is 388 g/mol. The molecule has 0 saturated heterocycles. The van der Waals surface area contributed by atoms with Gasteiger partial charge in [-0.25, -0.2) is 4.98 Å². The summed E-state index contributed by atoms with van der Waals surface area (Å²) in [4.78, 5) is 19.0. The first kappa shape index (κ1) is 18.7. The SMILES string of the molecule is O=C(NCc1ccc(Cl)cc1)c1cnc2sc(C#CCCO)cc2c1S. The number of aliphatic hydroxyl groups is 1. The van der Waals surface area contributed by atoms with E-state index in [-0.39, 0.29) is 12.5 Å². The lowest BCUT2D eigenvalue weighted by molar-refractivity contribution is 0.0948. The second-order valence-electron chi connectivity index (χ2n) is 5.43. The van der Waals surface area contributed by atoms with Crippen molar-refractivity contribution in [3.8, 4) is 11.8 Å². The van der Waals surface area contributed by atoms with Gasteiger partial charge < -0.3 is 10.4 Å². The highest BCUT2D eigenvalue weighted by Crippen LogP contribution is 2.30. The van der Waals surface area contributed by atoms with Gasteiger partial charge in [-0.05, 0) is 23.8 Å². The summed E-state index contributed by atoms with van der Waals surface area (Å²) in [5, 5.41) is 13.1. The normalized spacial score (nSPS) is 10.4. The summed E-state index contributed by atoms with van der Waals surface area (Å²) in [6, 6.07) is 9.16. The second-order valence-corrected chi connectivity index (χ2v) is 7.35. The Hall–Kier alpha value is -2.04. The van der Waals surface area contributed by atoms with E-state index in [2.05, 4.69) is 34.8 Å². The van der Waals surface area contributed by atoms with Gasteiger partial charge in [0.25, 0.3) is 5.91 Å². The Labute approximate surface area is 165 Å². The van der Waals surface area contributed by atoms with Crippen LogP contribution < -0.4 is 5.32 Å². The quantitative estimate of drug-likeness (QED) is 0.458. The molecule has 4 nitrogen and oxygen atoms in total. The molecule has 2 aromatic heterocycles. The smallest absolute Gasteiger partial charge is 0.254 e. The average molecular weight is 403 g/mol. The van der Waals surface area contributed by atoms with Crippen molar-refractivity contribution in [1.29, 1.82) is 0 Å². The Bertz CT molecular complexity index is 1000. The molecule has 0 aliphatic heterocycles. The molecule has 0 saturated carbocycles. The summed E-state index contributed by atoms with van der Waals surface area (Å²) in [7, 11) is 0. The summed E-state index contributed by atoms with van der Waals surface area (Å²) in [5.41, 5.74) is 1.37. The zero-order valence-electron chi connectivity index (χ0n) is 13.6. The van der Waals surface area contributed by atoms with Crippen LogP contribution in [-0.4, -0.2) is 22.6 Å². The molecule has 0 fully saturated rings. The number of carbonyl (C=O) groups is 1. The third-order valence-electron chi connectivity index (χ3n) is 3.59. The van der Waals surface area contributed by atoms with Crippen LogP contribution >= 0.6 is 35.6 Å². The Morgan fingerprint density at radius 1 is 1.35 bits per heavy atom. The van der Waals surface area contributed by atoms with E-state index in [1.165, 1.54) is 17.5 Å². The zero-order valence-corrected chi connectivity index (χ0v) is 16.1. The van der Waals surface area contributed by atoms with Crippen LogP contribution in [0.25, 0.3) is 10.2 Å². The molecule has 7 heteroatoms. The summed E-state index contributed by atoms with van der Waals surface area (Å²) in [6.45, 7) is 0.425. The van der Waals surface area contributed by atoms with Gasteiger partial charge in [0.1, 0.15) is 4.83 Å². The van der Waals surface area contributed by atoms with Gasteiger partial charge in [-0.1, -0.05) is 35.6 Å². The van der Waals surface area contributed by atoms with Crippen molar-refractivity contribution in [2.24, 2.45) is 0 Å². The first-order valence-electron chi connectivity index (χ1n) is 7.82. The predicted molar refractivity (Wildman–Crippen MR) is 108 cm³/mol. The van der Waals surface area contributed by atoms with Crippen LogP contribution in [0.3, 0.4) is 0 Å².